The molecular formula is C24H16BrFN2O6. The third-order valence-corrected chi connectivity index (χ3v) is 5.39. The molecule has 4 rings (SSSR count). The Labute approximate surface area is 201 Å². The van der Waals surface area contributed by atoms with Crippen molar-refractivity contribution in [2.45, 2.75) is 6.61 Å². The average molecular weight is 527 g/mol. The van der Waals surface area contributed by atoms with Gasteiger partial charge in [0.05, 0.1) is 16.5 Å². The Morgan fingerprint density at radius 3 is 2.50 bits per heavy atom. The van der Waals surface area contributed by atoms with Gasteiger partial charge in [-0.25, -0.2) is 14.2 Å². The van der Waals surface area contributed by atoms with Gasteiger partial charge in [-0.2, -0.15) is 0 Å². The predicted octanol–water partition coefficient (Wildman–Crippen LogP) is 5.43. The van der Waals surface area contributed by atoms with E-state index in [4.69, 9.17) is 14.2 Å². The van der Waals surface area contributed by atoms with Gasteiger partial charge in [-0.1, -0.05) is 12.1 Å². The number of benzene rings is 3. The Kier molecular flexibility index (Phi) is 6.69. The van der Waals surface area contributed by atoms with Crippen molar-refractivity contribution in [3.63, 3.8) is 0 Å². The lowest BCUT2D eigenvalue weighted by Crippen LogP contribution is -2.05. The molecular weight excluding hydrogens is 511 g/mol. The van der Waals surface area contributed by atoms with Crippen LogP contribution >= 0.6 is 15.9 Å². The van der Waals surface area contributed by atoms with E-state index in [1.807, 2.05) is 0 Å². The maximum Gasteiger partial charge on any atom is 0.363 e. The first kappa shape index (κ1) is 23.1. The molecule has 3 aromatic carbocycles. The summed E-state index contributed by atoms with van der Waals surface area (Å²) in [5.41, 5.74) is 1.79. The molecule has 0 amide bonds. The van der Waals surface area contributed by atoms with Crippen molar-refractivity contribution >= 4 is 39.6 Å². The van der Waals surface area contributed by atoms with Crippen LogP contribution in [0.5, 0.6) is 11.5 Å². The van der Waals surface area contributed by atoms with Gasteiger partial charge in [-0.05, 0) is 69.5 Å². The second kappa shape index (κ2) is 9.84. The number of nitro benzene ring substituents is 1. The number of nitrogens with zero attached hydrogens (tertiary/aromatic N) is 2. The summed E-state index contributed by atoms with van der Waals surface area (Å²) in [5, 5.41) is 10.8. The van der Waals surface area contributed by atoms with Gasteiger partial charge in [0.25, 0.3) is 5.69 Å². The Bertz CT molecular complexity index is 1320. The third kappa shape index (κ3) is 5.12. The number of aliphatic imine (C=N–C) groups is 1. The van der Waals surface area contributed by atoms with Gasteiger partial charge in [-0.3, -0.25) is 10.1 Å². The van der Waals surface area contributed by atoms with Crippen LogP contribution in [0.15, 0.2) is 75.8 Å². The van der Waals surface area contributed by atoms with Crippen molar-refractivity contribution in [1.29, 1.82) is 0 Å². The molecule has 1 aliphatic rings. The van der Waals surface area contributed by atoms with Crippen LogP contribution in [0, 0.1) is 15.9 Å². The molecule has 10 heteroatoms. The summed E-state index contributed by atoms with van der Waals surface area (Å²) in [4.78, 5) is 26.8. The zero-order valence-electron chi connectivity index (χ0n) is 17.7. The number of methoxy groups -OCH3 is 1. The first-order chi connectivity index (χ1) is 16.3. The number of halogens is 2. The molecule has 3 aromatic rings. The minimum absolute atomic E-state index is 0.0522. The maximum absolute atomic E-state index is 13.1. The van der Waals surface area contributed by atoms with Crippen LogP contribution in [0.1, 0.15) is 16.7 Å². The second-order valence-electron chi connectivity index (χ2n) is 7.09. The highest BCUT2D eigenvalue weighted by molar-refractivity contribution is 9.10. The molecule has 0 radical (unpaired) electrons. The summed E-state index contributed by atoms with van der Waals surface area (Å²) in [5.74, 6) is -0.0754. The van der Waals surface area contributed by atoms with E-state index in [1.54, 1.807) is 24.3 Å². The molecule has 8 nitrogen and oxygen atoms in total. The first-order valence-electron chi connectivity index (χ1n) is 9.86. The quantitative estimate of drug-likeness (QED) is 0.176. The summed E-state index contributed by atoms with van der Waals surface area (Å²) in [6.07, 6.45) is 1.53. The largest absolute Gasteiger partial charge is 0.493 e. The molecule has 0 bridgehead atoms. The van der Waals surface area contributed by atoms with E-state index in [9.17, 15) is 19.3 Å². The highest BCUT2D eigenvalue weighted by Gasteiger charge is 2.25. The number of ether oxygens (including phenoxy) is 3. The Morgan fingerprint density at radius 1 is 1.15 bits per heavy atom. The molecule has 0 saturated carbocycles. The summed E-state index contributed by atoms with van der Waals surface area (Å²) >= 11 is 3.45. The maximum atomic E-state index is 13.1. The number of carbonyl (C=O) groups is 1. The van der Waals surface area contributed by atoms with Crippen LogP contribution in [0.4, 0.5) is 10.1 Å². The van der Waals surface area contributed by atoms with Gasteiger partial charge in [0.1, 0.15) is 12.4 Å². The van der Waals surface area contributed by atoms with E-state index < -0.39 is 10.9 Å². The zero-order chi connectivity index (χ0) is 24.2. The van der Waals surface area contributed by atoms with Crippen molar-refractivity contribution in [2.75, 3.05) is 7.11 Å². The van der Waals surface area contributed by atoms with Gasteiger partial charge < -0.3 is 14.2 Å². The molecule has 0 saturated heterocycles. The molecule has 0 fully saturated rings. The van der Waals surface area contributed by atoms with Crippen molar-refractivity contribution in [2.24, 2.45) is 4.99 Å². The van der Waals surface area contributed by atoms with Crippen LogP contribution in [0.2, 0.25) is 0 Å². The SMILES string of the molecule is COc1cc(/C=C2\N=C(c3ccc([N+](=O)[O-])cc3)OC2=O)cc(Br)c1OCc1ccc(F)cc1. The van der Waals surface area contributed by atoms with E-state index in [1.165, 1.54) is 49.6 Å². The summed E-state index contributed by atoms with van der Waals surface area (Å²) in [6.45, 7) is 0.199. The zero-order valence-corrected chi connectivity index (χ0v) is 19.2. The number of nitro groups is 1. The smallest absolute Gasteiger partial charge is 0.363 e. The Balaban J connectivity index is 1.57. The van der Waals surface area contributed by atoms with Crippen molar-refractivity contribution in [3.05, 3.63) is 103 Å². The first-order valence-corrected chi connectivity index (χ1v) is 10.7. The lowest BCUT2D eigenvalue weighted by atomic mass is 10.1. The topological polar surface area (TPSA) is 100 Å². The fourth-order valence-electron chi connectivity index (χ4n) is 3.12. The molecule has 0 unspecified atom stereocenters. The molecule has 1 heterocycles. The van der Waals surface area contributed by atoms with Gasteiger partial charge in [0, 0.05) is 17.7 Å². The second-order valence-corrected chi connectivity index (χ2v) is 7.94. The average Bonchev–Trinajstić information content (AvgIpc) is 3.19. The highest BCUT2D eigenvalue weighted by Crippen LogP contribution is 2.38. The Hall–Kier alpha value is -4.05. The molecule has 0 aromatic heterocycles. The van der Waals surface area contributed by atoms with E-state index in [0.29, 0.717) is 27.1 Å². The van der Waals surface area contributed by atoms with Crippen LogP contribution in [-0.2, 0) is 16.1 Å². The van der Waals surface area contributed by atoms with Crippen LogP contribution in [0.3, 0.4) is 0 Å². The number of rotatable bonds is 7. The summed E-state index contributed by atoms with van der Waals surface area (Å²) in [6, 6.07) is 14.9. The summed E-state index contributed by atoms with van der Waals surface area (Å²) < 4.78 is 30.2. The van der Waals surface area contributed by atoms with Gasteiger partial charge in [-0.15, -0.1) is 0 Å². The minimum Gasteiger partial charge on any atom is -0.493 e. The molecule has 0 N–H and O–H groups in total. The lowest BCUT2D eigenvalue weighted by Gasteiger charge is -2.13. The van der Waals surface area contributed by atoms with Gasteiger partial charge in [0.15, 0.2) is 17.2 Å². The number of hydrogen-bond donors (Lipinski definition) is 0. The van der Waals surface area contributed by atoms with Gasteiger partial charge >= 0.3 is 5.97 Å². The number of carbonyl (C=O) groups excluding carboxylic acids is 1. The fraction of sp³-hybridized carbons (Fsp3) is 0.0833. The third-order valence-electron chi connectivity index (χ3n) is 4.80. The lowest BCUT2D eigenvalue weighted by molar-refractivity contribution is -0.384. The molecule has 0 spiro atoms. The molecule has 1 aliphatic heterocycles. The fourth-order valence-corrected chi connectivity index (χ4v) is 3.69. The van der Waals surface area contributed by atoms with Crippen molar-refractivity contribution in [1.82, 2.24) is 0 Å². The molecule has 34 heavy (non-hydrogen) atoms. The van der Waals surface area contributed by atoms with Crippen LogP contribution in [0.25, 0.3) is 6.08 Å². The van der Waals surface area contributed by atoms with Crippen LogP contribution in [-0.4, -0.2) is 23.9 Å². The van der Waals surface area contributed by atoms with Crippen molar-refractivity contribution < 1.29 is 28.3 Å². The molecule has 172 valence electrons. The normalized spacial score (nSPS) is 14.0. The number of cyclic esters (lactones) is 1. The highest BCUT2D eigenvalue weighted by atomic mass is 79.9. The Morgan fingerprint density at radius 2 is 1.85 bits per heavy atom. The molecule has 0 aliphatic carbocycles. The monoisotopic (exact) mass is 526 g/mol. The minimum atomic E-state index is -0.653. The van der Waals surface area contributed by atoms with E-state index in [0.717, 1.165) is 5.56 Å². The van der Waals surface area contributed by atoms with E-state index >= 15 is 0 Å². The van der Waals surface area contributed by atoms with E-state index in [-0.39, 0.29) is 29.7 Å². The molecule has 0 atom stereocenters. The van der Waals surface area contributed by atoms with Crippen molar-refractivity contribution in [3.8, 4) is 11.5 Å². The van der Waals surface area contributed by atoms with E-state index in [2.05, 4.69) is 20.9 Å². The standard InChI is InChI=1S/C24H16BrFN2O6/c1-32-21-12-15(10-19(25)22(21)33-13-14-2-6-17(26)7-3-14)11-20-24(29)34-23(27-20)16-4-8-18(9-5-16)28(30)31/h2-12H,13H2,1H3/b20-11-. The summed E-state index contributed by atoms with van der Waals surface area (Å²) in [7, 11) is 1.48. The number of non-ortho nitro benzene ring substituents is 1. The predicted molar refractivity (Wildman–Crippen MR) is 125 cm³/mol. The number of hydrogen-bond acceptors (Lipinski definition) is 7. The van der Waals surface area contributed by atoms with Gasteiger partial charge in [0.2, 0.25) is 5.90 Å². The van der Waals surface area contributed by atoms with Crippen LogP contribution < -0.4 is 9.47 Å². The number of esters is 1.